The Labute approximate surface area is 103 Å². The van der Waals surface area contributed by atoms with Gasteiger partial charge in [-0.2, -0.15) is 0 Å². The van der Waals surface area contributed by atoms with E-state index in [4.69, 9.17) is 0 Å². The van der Waals surface area contributed by atoms with Gasteiger partial charge in [-0.15, -0.1) is 0 Å². The van der Waals surface area contributed by atoms with Crippen molar-refractivity contribution in [1.82, 2.24) is 15.3 Å². The number of pyridine rings is 1. The molecule has 2 heterocycles. The Hall–Kier alpha value is -1.31. The lowest BCUT2D eigenvalue weighted by Gasteiger charge is -1.91. The molecule has 2 N–H and O–H groups in total. The molecule has 82 valence electrons. The van der Waals surface area contributed by atoms with Gasteiger partial charge in [-0.25, -0.2) is 4.98 Å². The monoisotopic (exact) mass is 277 g/mol. The van der Waals surface area contributed by atoms with Gasteiger partial charge in [0.2, 0.25) is 0 Å². The van der Waals surface area contributed by atoms with Crippen LogP contribution >= 0.6 is 15.9 Å². The SMILES string of the molecule is CNCCC#Cc1c[nH]c2ncc(Br)cc12. The lowest BCUT2D eigenvalue weighted by Crippen LogP contribution is -2.05. The van der Waals surface area contributed by atoms with E-state index in [1.807, 2.05) is 19.3 Å². The van der Waals surface area contributed by atoms with Gasteiger partial charge in [0.1, 0.15) is 5.65 Å². The summed E-state index contributed by atoms with van der Waals surface area (Å²) in [7, 11) is 1.93. The molecule has 0 aliphatic heterocycles. The van der Waals surface area contributed by atoms with Crippen LogP contribution in [0.1, 0.15) is 12.0 Å². The Morgan fingerprint density at radius 2 is 2.44 bits per heavy atom. The number of fused-ring (bicyclic) bond motifs is 1. The summed E-state index contributed by atoms with van der Waals surface area (Å²) in [6.45, 7) is 0.914. The van der Waals surface area contributed by atoms with Crippen molar-refractivity contribution in [2.75, 3.05) is 13.6 Å². The highest BCUT2D eigenvalue weighted by Crippen LogP contribution is 2.19. The quantitative estimate of drug-likeness (QED) is 0.653. The molecule has 0 bridgehead atoms. The normalized spacial score (nSPS) is 10.1. The van der Waals surface area contributed by atoms with Gasteiger partial charge in [0.05, 0.1) is 5.56 Å². The van der Waals surface area contributed by atoms with Crippen molar-refractivity contribution in [2.45, 2.75) is 6.42 Å². The van der Waals surface area contributed by atoms with Crippen molar-refractivity contribution in [3.63, 3.8) is 0 Å². The predicted molar refractivity (Wildman–Crippen MR) is 69.2 cm³/mol. The fourth-order valence-corrected chi connectivity index (χ4v) is 1.76. The third-order valence-electron chi connectivity index (χ3n) is 2.22. The van der Waals surface area contributed by atoms with E-state index in [1.165, 1.54) is 0 Å². The summed E-state index contributed by atoms with van der Waals surface area (Å²) < 4.78 is 0.970. The molecule has 0 aliphatic carbocycles. The van der Waals surface area contributed by atoms with Gasteiger partial charge < -0.3 is 10.3 Å². The number of H-pyrrole nitrogens is 1. The molecular formula is C12H12BrN3. The van der Waals surface area contributed by atoms with E-state index in [0.717, 1.165) is 34.0 Å². The maximum atomic E-state index is 4.26. The van der Waals surface area contributed by atoms with E-state index in [9.17, 15) is 0 Å². The number of rotatable bonds is 2. The Balaban J connectivity index is 2.29. The zero-order chi connectivity index (χ0) is 11.4. The van der Waals surface area contributed by atoms with Crippen LogP contribution in [0.3, 0.4) is 0 Å². The summed E-state index contributed by atoms with van der Waals surface area (Å²) in [4.78, 5) is 7.37. The minimum atomic E-state index is 0.852. The molecule has 16 heavy (non-hydrogen) atoms. The zero-order valence-corrected chi connectivity index (χ0v) is 10.6. The maximum Gasteiger partial charge on any atom is 0.138 e. The van der Waals surface area contributed by atoms with Crippen molar-refractivity contribution < 1.29 is 0 Å². The van der Waals surface area contributed by atoms with E-state index in [2.05, 4.69) is 43.1 Å². The molecule has 2 rings (SSSR count). The van der Waals surface area contributed by atoms with Crippen LogP contribution < -0.4 is 5.32 Å². The summed E-state index contributed by atoms with van der Waals surface area (Å²) in [5, 5.41) is 4.13. The standard InChI is InChI=1S/C12H12BrN3/c1-14-5-3-2-4-9-7-15-12-11(9)6-10(13)8-16-12/h6-8,14H,3,5H2,1H3,(H,15,16). The van der Waals surface area contributed by atoms with Crippen molar-refractivity contribution >= 4 is 27.0 Å². The molecule has 0 aromatic carbocycles. The molecule has 0 spiro atoms. The van der Waals surface area contributed by atoms with Crippen molar-refractivity contribution in [2.24, 2.45) is 0 Å². The van der Waals surface area contributed by atoms with E-state index in [0.29, 0.717) is 0 Å². The second-order valence-electron chi connectivity index (χ2n) is 3.41. The second-order valence-corrected chi connectivity index (χ2v) is 4.32. The summed E-state index contributed by atoms with van der Waals surface area (Å²) in [5.41, 5.74) is 1.88. The van der Waals surface area contributed by atoms with Crippen molar-refractivity contribution in [3.8, 4) is 11.8 Å². The van der Waals surface area contributed by atoms with Crippen LogP contribution in [-0.4, -0.2) is 23.6 Å². The molecular weight excluding hydrogens is 266 g/mol. The summed E-state index contributed by atoms with van der Waals surface area (Å²) in [6.07, 6.45) is 4.53. The van der Waals surface area contributed by atoms with E-state index in [1.54, 1.807) is 6.20 Å². The minimum absolute atomic E-state index is 0.852. The molecule has 0 aliphatic rings. The summed E-state index contributed by atoms with van der Waals surface area (Å²) in [5.74, 6) is 6.27. The van der Waals surface area contributed by atoms with Crippen LogP contribution in [0.2, 0.25) is 0 Å². The Kier molecular flexibility index (Phi) is 3.60. The van der Waals surface area contributed by atoms with E-state index in [-0.39, 0.29) is 0 Å². The lowest BCUT2D eigenvalue weighted by molar-refractivity contribution is 0.818. The van der Waals surface area contributed by atoms with Crippen molar-refractivity contribution in [1.29, 1.82) is 0 Å². The number of nitrogens with zero attached hydrogens (tertiary/aromatic N) is 1. The van der Waals surface area contributed by atoms with Crippen LogP contribution in [-0.2, 0) is 0 Å². The molecule has 0 atom stereocenters. The first-order valence-corrected chi connectivity index (χ1v) is 5.86. The average molecular weight is 278 g/mol. The number of aromatic nitrogens is 2. The van der Waals surface area contributed by atoms with Gasteiger partial charge in [0, 0.05) is 35.2 Å². The molecule has 0 radical (unpaired) electrons. The van der Waals surface area contributed by atoms with Gasteiger partial charge in [-0.05, 0) is 29.0 Å². The molecule has 3 nitrogen and oxygen atoms in total. The third-order valence-corrected chi connectivity index (χ3v) is 2.65. The first kappa shape index (κ1) is 11.2. The minimum Gasteiger partial charge on any atom is -0.345 e. The fourth-order valence-electron chi connectivity index (χ4n) is 1.43. The number of hydrogen-bond acceptors (Lipinski definition) is 2. The van der Waals surface area contributed by atoms with Gasteiger partial charge in [0.25, 0.3) is 0 Å². The topological polar surface area (TPSA) is 40.7 Å². The Morgan fingerprint density at radius 3 is 3.25 bits per heavy atom. The largest absolute Gasteiger partial charge is 0.345 e. The van der Waals surface area contributed by atoms with Gasteiger partial charge in [0.15, 0.2) is 0 Å². The van der Waals surface area contributed by atoms with Crippen LogP contribution in [0.5, 0.6) is 0 Å². The zero-order valence-electron chi connectivity index (χ0n) is 8.97. The molecule has 0 saturated carbocycles. The molecule has 2 aromatic heterocycles. The van der Waals surface area contributed by atoms with Gasteiger partial charge in [-0.1, -0.05) is 11.8 Å². The maximum absolute atomic E-state index is 4.26. The number of hydrogen-bond donors (Lipinski definition) is 2. The van der Waals surface area contributed by atoms with Crippen LogP contribution in [0.25, 0.3) is 11.0 Å². The lowest BCUT2D eigenvalue weighted by atomic mass is 10.2. The average Bonchev–Trinajstić information content (AvgIpc) is 2.67. The van der Waals surface area contributed by atoms with Crippen LogP contribution in [0, 0.1) is 11.8 Å². The van der Waals surface area contributed by atoms with Gasteiger partial charge in [-0.3, -0.25) is 0 Å². The van der Waals surface area contributed by atoms with Crippen LogP contribution in [0.4, 0.5) is 0 Å². The first-order valence-electron chi connectivity index (χ1n) is 5.07. The van der Waals surface area contributed by atoms with E-state index >= 15 is 0 Å². The Morgan fingerprint density at radius 1 is 1.56 bits per heavy atom. The number of halogens is 1. The fraction of sp³-hybridized carbons (Fsp3) is 0.250. The Bertz CT molecular complexity index is 548. The molecule has 0 unspecified atom stereocenters. The first-order chi connectivity index (χ1) is 7.81. The highest BCUT2D eigenvalue weighted by Gasteiger charge is 2.02. The second kappa shape index (κ2) is 5.15. The number of aromatic amines is 1. The molecule has 4 heteroatoms. The predicted octanol–water partition coefficient (Wildman–Crippen LogP) is 2.29. The number of nitrogens with one attached hydrogen (secondary N) is 2. The van der Waals surface area contributed by atoms with Crippen molar-refractivity contribution in [3.05, 3.63) is 28.5 Å². The molecule has 0 saturated heterocycles. The highest BCUT2D eigenvalue weighted by molar-refractivity contribution is 9.10. The smallest absolute Gasteiger partial charge is 0.138 e. The van der Waals surface area contributed by atoms with E-state index < -0.39 is 0 Å². The van der Waals surface area contributed by atoms with Crippen LogP contribution in [0.15, 0.2) is 22.9 Å². The van der Waals surface area contributed by atoms with Gasteiger partial charge >= 0.3 is 0 Å². The summed E-state index contributed by atoms with van der Waals surface area (Å²) >= 11 is 3.41. The summed E-state index contributed by atoms with van der Waals surface area (Å²) in [6, 6.07) is 2.03. The highest BCUT2D eigenvalue weighted by atomic mass is 79.9. The third kappa shape index (κ3) is 2.43. The molecule has 2 aromatic rings. The molecule has 0 fully saturated rings. The molecule has 0 amide bonds.